The van der Waals surface area contributed by atoms with E-state index in [-0.39, 0.29) is 16.3 Å². The monoisotopic (exact) mass is 539 g/mol. The number of anilines is 1. The van der Waals surface area contributed by atoms with E-state index in [1.54, 1.807) is 24.4 Å². The highest BCUT2D eigenvalue weighted by Crippen LogP contribution is 2.38. The minimum atomic E-state index is -0.419. The number of non-ortho nitro benzene ring substituents is 2. The molecule has 2 aliphatic rings. The van der Waals surface area contributed by atoms with E-state index in [1.165, 1.54) is 36.7 Å². The molecule has 0 spiro atoms. The van der Waals surface area contributed by atoms with Crippen molar-refractivity contribution in [1.29, 1.82) is 0 Å². The van der Waals surface area contributed by atoms with Crippen LogP contribution in [0.5, 0.6) is 0 Å². The maximum absolute atomic E-state index is 10.8. The fourth-order valence-electron chi connectivity index (χ4n) is 4.64. The van der Waals surface area contributed by atoms with Crippen molar-refractivity contribution in [2.45, 2.75) is 37.8 Å². The number of H-pyrrole nitrogens is 1. The van der Waals surface area contributed by atoms with E-state index in [2.05, 4.69) is 31.1 Å². The van der Waals surface area contributed by atoms with Crippen molar-refractivity contribution in [1.82, 2.24) is 29.8 Å². The van der Waals surface area contributed by atoms with Crippen molar-refractivity contribution < 1.29 is 9.85 Å². The van der Waals surface area contributed by atoms with Crippen molar-refractivity contribution in [2.75, 3.05) is 5.73 Å². The van der Waals surface area contributed by atoms with Crippen LogP contribution in [-0.4, -0.2) is 39.6 Å². The third-order valence-electron chi connectivity index (χ3n) is 6.93. The highest BCUT2D eigenvalue weighted by atomic mass is 16.6. The molecule has 40 heavy (non-hydrogen) atoms. The van der Waals surface area contributed by atoms with Crippen molar-refractivity contribution in [3.8, 4) is 0 Å². The summed E-state index contributed by atoms with van der Waals surface area (Å²) >= 11 is 0. The molecule has 0 atom stereocenters. The molecule has 6 aromatic rings. The molecule has 0 radical (unpaired) electrons. The van der Waals surface area contributed by atoms with Gasteiger partial charge >= 0.3 is 0 Å². The number of rotatable bonds is 4. The molecular weight excluding hydrogens is 514 g/mol. The Bertz CT molecular complexity index is 1860. The third-order valence-corrected chi connectivity index (χ3v) is 6.93. The SMILES string of the molecule is Nc1cccc2c1cnn2C1CC1.O=[N+]([O-])c1cccc2[nH]ncc12.O=[N+]([O-])c1cccc2c1cnn2C1CC1. The average molecular weight is 540 g/mol. The molecule has 8 rings (SSSR count). The van der Waals surface area contributed by atoms with Gasteiger partial charge in [-0.25, -0.2) is 0 Å². The zero-order valence-electron chi connectivity index (χ0n) is 21.3. The average Bonchev–Trinajstić information content (AvgIpc) is 3.84. The molecular formula is C27H25N9O4. The Morgan fingerprint density at radius 2 is 1.25 bits per heavy atom. The Morgan fingerprint density at radius 3 is 1.85 bits per heavy atom. The number of fused-ring (bicyclic) bond motifs is 3. The van der Waals surface area contributed by atoms with Crippen LogP contribution < -0.4 is 5.73 Å². The van der Waals surface area contributed by atoms with Crippen LogP contribution in [0.15, 0.2) is 73.2 Å². The number of nitrogen functional groups attached to an aromatic ring is 1. The van der Waals surface area contributed by atoms with Gasteiger partial charge in [0.2, 0.25) is 0 Å². The van der Waals surface area contributed by atoms with E-state index >= 15 is 0 Å². The predicted molar refractivity (Wildman–Crippen MR) is 150 cm³/mol. The van der Waals surface area contributed by atoms with Gasteiger partial charge in [0, 0.05) is 23.2 Å². The maximum atomic E-state index is 10.8. The number of nitrogens with zero attached hydrogens (tertiary/aromatic N) is 7. The lowest BCUT2D eigenvalue weighted by molar-refractivity contribution is -0.383. The van der Waals surface area contributed by atoms with E-state index in [0.717, 1.165) is 29.4 Å². The quantitative estimate of drug-likeness (QED) is 0.163. The number of hydrogen-bond donors (Lipinski definition) is 2. The molecule has 3 aromatic heterocycles. The number of nitrogens with two attached hydrogens (primary N) is 1. The van der Waals surface area contributed by atoms with Crippen LogP contribution in [0, 0.1) is 20.2 Å². The largest absolute Gasteiger partial charge is 0.398 e. The molecule has 0 bridgehead atoms. The van der Waals surface area contributed by atoms with Crippen LogP contribution in [0.2, 0.25) is 0 Å². The number of aromatic amines is 1. The fourth-order valence-corrected chi connectivity index (χ4v) is 4.64. The van der Waals surface area contributed by atoms with Gasteiger partial charge in [-0.05, 0) is 49.9 Å². The summed E-state index contributed by atoms with van der Waals surface area (Å²) in [5.41, 5.74) is 9.60. The molecule has 13 nitrogen and oxygen atoms in total. The lowest BCUT2D eigenvalue weighted by atomic mass is 10.2. The fraction of sp³-hybridized carbons (Fsp3) is 0.222. The van der Waals surface area contributed by atoms with Crippen LogP contribution in [-0.2, 0) is 0 Å². The smallest absolute Gasteiger partial charge is 0.280 e. The molecule has 2 aliphatic carbocycles. The van der Waals surface area contributed by atoms with Gasteiger partial charge in [0.05, 0.1) is 67.8 Å². The molecule has 0 aliphatic heterocycles. The van der Waals surface area contributed by atoms with Gasteiger partial charge in [0.1, 0.15) is 0 Å². The number of nitrogens with one attached hydrogen (secondary N) is 1. The summed E-state index contributed by atoms with van der Waals surface area (Å²) in [4.78, 5) is 20.5. The molecule has 0 amide bonds. The summed E-state index contributed by atoms with van der Waals surface area (Å²) in [7, 11) is 0. The standard InChI is InChI=1S/C10H9N3O2.C10H11N3.C7H5N3O2/c14-13(15)10-3-1-2-9-8(10)6-11-12(9)7-4-5-7;11-9-2-1-3-10-8(9)6-12-13(10)7-4-5-7;11-10(12)7-3-1-2-6-5(7)4-8-9-6/h1-3,6-7H,4-5H2;1-3,6-7H,4-5,11H2;1-4H,(H,8,9). The maximum Gasteiger partial charge on any atom is 0.280 e. The molecule has 13 heteroatoms. The third kappa shape index (κ3) is 4.79. The van der Waals surface area contributed by atoms with Crippen molar-refractivity contribution in [2.24, 2.45) is 0 Å². The minimum absolute atomic E-state index is 0.0845. The Balaban J connectivity index is 0.000000109. The second-order valence-electron chi connectivity index (χ2n) is 9.75. The summed E-state index contributed by atoms with van der Waals surface area (Å²) in [6.07, 6.45) is 9.67. The molecule has 3 heterocycles. The van der Waals surface area contributed by atoms with Gasteiger partial charge in [0.25, 0.3) is 11.4 Å². The van der Waals surface area contributed by atoms with Gasteiger partial charge in [-0.15, -0.1) is 0 Å². The Labute approximate surface area is 226 Å². The van der Waals surface area contributed by atoms with Crippen LogP contribution in [0.4, 0.5) is 17.1 Å². The van der Waals surface area contributed by atoms with Crippen LogP contribution >= 0.6 is 0 Å². The predicted octanol–water partition coefficient (Wildman–Crippen LogP) is 5.70. The number of aromatic nitrogens is 6. The van der Waals surface area contributed by atoms with Crippen LogP contribution in [0.25, 0.3) is 32.7 Å². The van der Waals surface area contributed by atoms with Crippen LogP contribution in [0.1, 0.15) is 37.8 Å². The molecule has 2 fully saturated rings. The Hall–Kier alpha value is -5.33. The van der Waals surface area contributed by atoms with Gasteiger partial charge in [-0.3, -0.25) is 34.7 Å². The van der Waals surface area contributed by atoms with E-state index < -0.39 is 4.92 Å². The van der Waals surface area contributed by atoms with Gasteiger partial charge in [-0.2, -0.15) is 15.3 Å². The van der Waals surface area contributed by atoms with E-state index in [0.29, 0.717) is 28.4 Å². The van der Waals surface area contributed by atoms with Crippen LogP contribution in [0.3, 0.4) is 0 Å². The number of hydrogen-bond acceptors (Lipinski definition) is 8. The summed E-state index contributed by atoms with van der Waals surface area (Å²) in [6, 6.07) is 17.0. The van der Waals surface area contributed by atoms with Gasteiger partial charge in [0.15, 0.2) is 0 Å². The molecule has 202 valence electrons. The van der Waals surface area contributed by atoms with Gasteiger partial charge < -0.3 is 5.73 Å². The topological polar surface area (TPSA) is 177 Å². The highest BCUT2D eigenvalue weighted by Gasteiger charge is 2.27. The molecule has 2 saturated carbocycles. The summed E-state index contributed by atoms with van der Waals surface area (Å²) in [6.45, 7) is 0. The normalized spacial score (nSPS) is 14.4. The first-order valence-electron chi connectivity index (χ1n) is 12.8. The second-order valence-corrected chi connectivity index (χ2v) is 9.75. The number of benzene rings is 3. The van der Waals surface area contributed by atoms with Crippen molar-refractivity contribution in [3.63, 3.8) is 0 Å². The summed E-state index contributed by atoms with van der Waals surface area (Å²) in [5.74, 6) is 0. The Morgan fingerprint density at radius 1 is 0.725 bits per heavy atom. The first-order valence-corrected chi connectivity index (χ1v) is 12.8. The summed E-state index contributed by atoms with van der Waals surface area (Å²) < 4.78 is 3.98. The molecule has 0 unspecified atom stereocenters. The number of nitro benzene ring substituents is 2. The first-order chi connectivity index (χ1) is 19.4. The van der Waals surface area contributed by atoms with Crippen molar-refractivity contribution >= 4 is 49.8 Å². The lowest BCUT2D eigenvalue weighted by Gasteiger charge is -2.00. The summed E-state index contributed by atoms with van der Waals surface area (Å²) in [5, 5.41) is 38.5. The lowest BCUT2D eigenvalue weighted by Crippen LogP contribution is -1.95. The van der Waals surface area contributed by atoms with Gasteiger partial charge in [-0.1, -0.05) is 18.2 Å². The molecule has 0 saturated heterocycles. The molecule has 3 N–H and O–H groups in total. The van der Waals surface area contributed by atoms with E-state index in [9.17, 15) is 20.2 Å². The molecule has 3 aromatic carbocycles. The van der Waals surface area contributed by atoms with Crippen molar-refractivity contribution in [3.05, 3.63) is 93.4 Å². The number of nitro groups is 2. The van der Waals surface area contributed by atoms with E-state index in [4.69, 9.17) is 5.73 Å². The second kappa shape index (κ2) is 10.1. The van der Waals surface area contributed by atoms with E-state index in [1.807, 2.05) is 29.1 Å². The Kier molecular flexibility index (Phi) is 6.30. The zero-order chi connectivity index (χ0) is 27.8. The zero-order valence-corrected chi connectivity index (χ0v) is 21.3. The highest BCUT2D eigenvalue weighted by molar-refractivity contribution is 5.90. The minimum Gasteiger partial charge on any atom is -0.398 e. The first kappa shape index (κ1) is 25.0.